The van der Waals surface area contributed by atoms with E-state index in [1.54, 1.807) is 12.4 Å². The maximum Gasteiger partial charge on any atom is 0.254 e. The van der Waals surface area contributed by atoms with Crippen molar-refractivity contribution in [2.45, 2.75) is 78.0 Å². The number of nitrogens with zero attached hydrogens (tertiary/aromatic N) is 4. The number of amides is 2. The predicted octanol–water partition coefficient (Wildman–Crippen LogP) is 4.24. The molecule has 0 fully saturated rings. The first-order chi connectivity index (χ1) is 19.0. The van der Waals surface area contributed by atoms with E-state index in [1.807, 2.05) is 30.6 Å². The van der Waals surface area contributed by atoms with Crippen molar-refractivity contribution in [3.05, 3.63) is 65.8 Å². The zero-order valence-corrected chi connectivity index (χ0v) is 23.4. The molecule has 2 aromatic heterocycles. The third-order valence-electron chi connectivity index (χ3n) is 7.26. The summed E-state index contributed by atoms with van der Waals surface area (Å²) in [6, 6.07) is 5.14. The lowest BCUT2D eigenvalue weighted by Gasteiger charge is -2.27. The molecule has 0 aliphatic carbocycles. The molecule has 1 aromatic carbocycles. The topological polar surface area (TPSA) is 122 Å². The number of benzene rings is 1. The van der Waals surface area contributed by atoms with Crippen molar-refractivity contribution in [3.63, 3.8) is 0 Å². The highest BCUT2D eigenvalue weighted by atomic mass is 16.2. The average Bonchev–Trinajstić information content (AvgIpc) is 3.63. The first-order valence-corrected chi connectivity index (χ1v) is 14.2. The Hall–Kier alpha value is -3.50. The lowest BCUT2D eigenvalue weighted by molar-refractivity contribution is -0.118. The molecule has 0 spiro atoms. The van der Waals surface area contributed by atoms with E-state index in [2.05, 4.69) is 61.1 Å². The number of carbonyl (C=O) groups excluding carboxylic acids is 2. The van der Waals surface area contributed by atoms with E-state index >= 15 is 0 Å². The molecule has 10 heteroatoms. The van der Waals surface area contributed by atoms with Crippen LogP contribution in [0, 0.1) is 0 Å². The molecule has 3 heterocycles. The van der Waals surface area contributed by atoms with Gasteiger partial charge in [-0.25, -0.2) is 9.97 Å². The minimum absolute atomic E-state index is 0.00704. The zero-order valence-electron chi connectivity index (χ0n) is 23.4. The third kappa shape index (κ3) is 7.77. The van der Waals surface area contributed by atoms with E-state index < -0.39 is 6.04 Å². The fraction of sp³-hybridized carbons (Fsp3) is 0.517. The van der Waals surface area contributed by atoms with Gasteiger partial charge in [0.15, 0.2) is 0 Å². The predicted molar refractivity (Wildman–Crippen MR) is 152 cm³/mol. The van der Waals surface area contributed by atoms with Crippen molar-refractivity contribution in [1.29, 1.82) is 0 Å². The Labute approximate surface area is 231 Å². The second-order valence-electron chi connectivity index (χ2n) is 10.3. The number of hydrogen-bond acceptors (Lipinski definition) is 6. The van der Waals surface area contributed by atoms with Crippen molar-refractivity contribution in [1.82, 2.24) is 35.1 Å². The number of carbonyl (C=O) groups is 2. The van der Waals surface area contributed by atoms with Gasteiger partial charge in [-0.2, -0.15) is 0 Å². The molecule has 2 amide bonds. The first-order valence-electron chi connectivity index (χ1n) is 14.2. The molecule has 2 atom stereocenters. The molecule has 4 N–H and O–H groups in total. The molecule has 1 aliphatic rings. The van der Waals surface area contributed by atoms with Crippen LogP contribution in [0.5, 0.6) is 0 Å². The molecule has 210 valence electrons. The van der Waals surface area contributed by atoms with E-state index in [9.17, 15) is 9.59 Å². The summed E-state index contributed by atoms with van der Waals surface area (Å²) in [4.78, 5) is 46.1. The van der Waals surface area contributed by atoms with E-state index in [-0.39, 0.29) is 17.9 Å². The summed E-state index contributed by atoms with van der Waals surface area (Å²) >= 11 is 0. The number of fused-ring (bicyclic) bond motifs is 1. The monoisotopic (exact) mass is 534 g/mol. The fourth-order valence-corrected chi connectivity index (χ4v) is 5.18. The van der Waals surface area contributed by atoms with E-state index in [0.717, 1.165) is 62.5 Å². The van der Waals surface area contributed by atoms with Crippen molar-refractivity contribution in [2.75, 3.05) is 25.0 Å². The van der Waals surface area contributed by atoms with Crippen molar-refractivity contribution in [2.24, 2.45) is 0 Å². The van der Waals surface area contributed by atoms with Gasteiger partial charge < -0.3 is 25.5 Å². The normalized spacial score (nSPS) is 16.2. The van der Waals surface area contributed by atoms with Crippen LogP contribution in [-0.4, -0.2) is 67.2 Å². The van der Waals surface area contributed by atoms with E-state index in [1.165, 1.54) is 0 Å². The highest BCUT2D eigenvalue weighted by molar-refractivity contribution is 6.09. The molecule has 0 bridgehead atoms. The van der Waals surface area contributed by atoms with Gasteiger partial charge in [0.1, 0.15) is 17.7 Å². The van der Waals surface area contributed by atoms with Crippen molar-refractivity contribution in [3.8, 4) is 0 Å². The smallest absolute Gasteiger partial charge is 0.254 e. The van der Waals surface area contributed by atoms with Gasteiger partial charge >= 0.3 is 0 Å². The maximum absolute atomic E-state index is 13.2. The highest BCUT2D eigenvalue weighted by Crippen LogP contribution is 2.26. The largest absolute Gasteiger partial charge is 0.348 e. The second kappa shape index (κ2) is 14.0. The van der Waals surface area contributed by atoms with Gasteiger partial charge in [0.05, 0.1) is 23.8 Å². The van der Waals surface area contributed by atoms with Gasteiger partial charge in [0, 0.05) is 31.3 Å². The van der Waals surface area contributed by atoms with E-state index in [0.29, 0.717) is 30.8 Å². The van der Waals surface area contributed by atoms with Crippen LogP contribution in [0.2, 0.25) is 0 Å². The average molecular weight is 535 g/mol. The number of anilines is 1. The van der Waals surface area contributed by atoms with Crippen LogP contribution in [-0.2, 0) is 17.9 Å². The van der Waals surface area contributed by atoms with Gasteiger partial charge in [0.2, 0.25) is 5.91 Å². The molecule has 1 aliphatic heterocycles. The van der Waals surface area contributed by atoms with Crippen molar-refractivity contribution >= 4 is 17.5 Å². The van der Waals surface area contributed by atoms with Crippen LogP contribution < -0.4 is 10.6 Å². The number of H-pyrrole nitrogens is 2. The van der Waals surface area contributed by atoms with Crippen LogP contribution in [0.3, 0.4) is 0 Å². The Morgan fingerprint density at radius 2 is 1.72 bits per heavy atom. The van der Waals surface area contributed by atoms with Crippen LogP contribution in [0.4, 0.5) is 5.69 Å². The van der Waals surface area contributed by atoms with Crippen LogP contribution >= 0.6 is 0 Å². The SMILES string of the molecule is CCCN(CCC)CCCCC1NC(=O)c2cc(CN(Cc3ncc[nH]3)C(C)c3ncc[nH]3)ccc2NC1=O. The molecule has 3 aromatic rings. The van der Waals surface area contributed by atoms with Crippen LogP contribution in [0.15, 0.2) is 43.0 Å². The van der Waals surface area contributed by atoms with Gasteiger partial charge in [-0.3, -0.25) is 14.5 Å². The zero-order chi connectivity index (χ0) is 27.6. The summed E-state index contributed by atoms with van der Waals surface area (Å²) in [5.74, 6) is 1.34. The Bertz CT molecular complexity index is 1170. The number of imidazole rings is 2. The second-order valence-corrected chi connectivity index (χ2v) is 10.3. The van der Waals surface area contributed by atoms with Crippen LogP contribution in [0.25, 0.3) is 0 Å². The minimum Gasteiger partial charge on any atom is -0.348 e. The van der Waals surface area contributed by atoms with Gasteiger partial charge in [0.25, 0.3) is 5.91 Å². The van der Waals surface area contributed by atoms with Gasteiger partial charge in [-0.05, 0) is 76.4 Å². The standard InChI is InChI=1S/C29H42N8O2/c1-4-15-36(16-5-2)17-7-6-8-25-29(39)34-24-10-9-22(18-23(24)28(38)35-25)19-37(20-26-30-11-12-31-26)21(3)27-32-13-14-33-27/h9-14,18,21,25H,4-8,15-17,19-20H2,1-3H3,(H,30,31)(H,32,33)(H,34,39)(H,35,38). The summed E-state index contributed by atoms with van der Waals surface area (Å²) in [5, 5.41) is 5.96. The molecule has 0 saturated carbocycles. The van der Waals surface area contributed by atoms with E-state index in [4.69, 9.17) is 0 Å². The fourth-order valence-electron chi connectivity index (χ4n) is 5.18. The summed E-state index contributed by atoms with van der Waals surface area (Å²) in [6.07, 6.45) is 11.9. The highest BCUT2D eigenvalue weighted by Gasteiger charge is 2.28. The minimum atomic E-state index is -0.534. The van der Waals surface area contributed by atoms with Gasteiger partial charge in [-0.1, -0.05) is 19.9 Å². The van der Waals surface area contributed by atoms with Crippen LogP contribution in [0.1, 0.15) is 86.5 Å². The van der Waals surface area contributed by atoms with Gasteiger partial charge in [-0.15, -0.1) is 0 Å². The Morgan fingerprint density at radius 3 is 2.41 bits per heavy atom. The lowest BCUT2D eigenvalue weighted by Crippen LogP contribution is -2.41. The quantitative estimate of drug-likeness (QED) is 0.216. The summed E-state index contributed by atoms with van der Waals surface area (Å²) < 4.78 is 0. The summed E-state index contributed by atoms with van der Waals surface area (Å²) in [5.41, 5.74) is 2.01. The number of aromatic nitrogens is 4. The molecule has 4 rings (SSSR count). The Kier molecular flexibility index (Phi) is 10.3. The third-order valence-corrected chi connectivity index (χ3v) is 7.26. The maximum atomic E-state index is 13.2. The Balaban J connectivity index is 1.41. The lowest BCUT2D eigenvalue weighted by atomic mass is 10.1. The number of aromatic amines is 2. The molecule has 39 heavy (non-hydrogen) atoms. The molecule has 0 radical (unpaired) electrons. The number of hydrogen-bond donors (Lipinski definition) is 4. The molecular weight excluding hydrogens is 492 g/mol. The number of nitrogens with one attached hydrogen (secondary N) is 4. The molecule has 10 nitrogen and oxygen atoms in total. The Morgan fingerprint density at radius 1 is 0.949 bits per heavy atom. The van der Waals surface area contributed by atoms with Crippen molar-refractivity contribution < 1.29 is 9.59 Å². The summed E-state index contributed by atoms with van der Waals surface area (Å²) in [7, 11) is 0. The number of rotatable bonds is 15. The first kappa shape index (κ1) is 28.5. The molecular formula is C29H42N8O2. The molecule has 0 saturated heterocycles. The summed E-state index contributed by atoms with van der Waals surface area (Å²) in [6.45, 7) is 10.9. The molecule has 2 unspecified atom stereocenters. The number of unbranched alkanes of at least 4 members (excludes halogenated alkanes) is 1.